The summed E-state index contributed by atoms with van der Waals surface area (Å²) in [5, 5.41) is 1.06. The number of nitrogens with zero attached hydrogens (tertiary/aromatic N) is 3. The van der Waals surface area contributed by atoms with E-state index in [2.05, 4.69) is 24.9 Å². The quantitative estimate of drug-likeness (QED) is 0.631. The number of nitrogens with one attached hydrogen (secondary N) is 1. The van der Waals surface area contributed by atoms with Crippen molar-refractivity contribution in [2.75, 3.05) is 51.0 Å². The van der Waals surface area contributed by atoms with Gasteiger partial charge < -0.3 is 14.5 Å². The fourth-order valence-corrected chi connectivity index (χ4v) is 3.60. The van der Waals surface area contributed by atoms with E-state index < -0.39 is 0 Å². The van der Waals surface area contributed by atoms with Crippen molar-refractivity contribution in [1.29, 1.82) is 0 Å². The van der Waals surface area contributed by atoms with Gasteiger partial charge in [0.15, 0.2) is 5.82 Å². The number of ether oxygens (including phenoxy) is 1. The van der Waals surface area contributed by atoms with Crippen LogP contribution in [0.4, 0.5) is 5.82 Å². The summed E-state index contributed by atoms with van der Waals surface area (Å²) in [6.45, 7) is 6.59. The summed E-state index contributed by atoms with van der Waals surface area (Å²) in [4.78, 5) is 13.6. The molecule has 134 valence electrons. The lowest BCUT2D eigenvalue weighted by Crippen LogP contribution is -3.12. The Labute approximate surface area is 154 Å². The van der Waals surface area contributed by atoms with Crippen LogP contribution in [0.5, 0.6) is 5.75 Å². The topological polar surface area (TPSA) is 42.7 Å². The van der Waals surface area contributed by atoms with Gasteiger partial charge in [-0.15, -0.1) is 11.8 Å². The lowest BCUT2D eigenvalue weighted by molar-refractivity contribution is -0.880. The van der Waals surface area contributed by atoms with Crippen LogP contribution in [0.25, 0.3) is 11.4 Å². The molecule has 2 aromatic rings. The predicted octanol–water partition coefficient (Wildman–Crippen LogP) is 1.99. The molecular weight excluding hydrogens is 332 g/mol. The fourth-order valence-electron chi connectivity index (χ4n) is 2.84. The number of quaternary nitrogens is 1. The molecule has 5 nitrogen and oxygen atoms in total. The van der Waals surface area contributed by atoms with Gasteiger partial charge in [-0.3, -0.25) is 0 Å². The van der Waals surface area contributed by atoms with Crippen LogP contribution in [0.3, 0.4) is 0 Å². The van der Waals surface area contributed by atoms with E-state index in [0.717, 1.165) is 66.3 Å². The zero-order valence-electron chi connectivity index (χ0n) is 15.3. The molecule has 1 aliphatic rings. The molecular formula is C19H27N4OS+. The van der Waals surface area contributed by atoms with Gasteiger partial charge in [0.25, 0.3) is 0 Å². The molecule has 0 aliphatic carbocycles. The van der Waals surface area contributed by atoms with E-state index in [9.17, 15) is 0 Å². The summed E-state index contributed by atoms with van der Waals surface area (Å²) in [5.74, 6) is 3.77. The van der Waals surface area contributed by atoms with Gasteiger partial charge >= 0.3 is 0 Å². The number of aromatic nitrogens is 2. The van der Waals surface area contributed by atoms with Gasteiger partial charge in [-0.25, -0.2) is 9.97 Å². The second kappa shape index (κ2) is 8.54. The lowest BCUT2D eigenvalue weighted by atomic mass is 10.2. The zero-order chi connectivity index (χ0) is 17.6. The summed E-state index contributed by atoms with van der Waals surface area (Å²) in [7, 11) is 3.93. The van der Waals surface area contributed by atoms with E-state index in [1.807, 2.05) is 36.0 Å². The average molecular weight is 360 g/mol. The van der Waals surface area contributed by atoms with Gasteiger partial charge in [-0.2, -0.15) is 0 Å². The fraction of sp³-hybridized carbons (Fsp3) is 0.474. The minimum Gasteiger partial charge on any atom is -0.497 e. The summed E-state index contributed by atoms with van der Waals surface area (Å²) >= 11 is 1.81. The average Bonchev–Trinajstić information content (AvgIpc) is 2.67. The van der Waals surface area contributed by atoms with Crippen molar-refractivity contribution in [2.45, 2.75) is 18.4 Å². The number of anilines is 1. The zero-order valence-corrected chi connectivity index (χ0v) is 16.1. The number of hydrogen-bond acceptors (Lipinski definition) is 5. The van der Waals surface area contributed by atoms with Gasteiger partial charge in [-0.05, 0) is 36.4 Å². The standard InChI is InChI=1S/C19H26N4OS/c1-4-13-25-18-14-17(23-11-9-22(2)10-12-23)20-19(21-18)15-5-7-16(24-3)8-6-15/h5-8,14H,4,9-13H2,1-3H3/p+1. The van der Waals surface area contributed by atoms with Crippen molar-refractivity contribution in [3.63, 3.8) is 0 Å². The van der Waals surface area contributed by atoms with Gasteiger partial charge in [0.1, 0.15) is 16.6 Å². The van der Waals surface area contributed by atoms with Gasteiger partial charge in [0, 0.05) is 11.6 Å². The van der Waals surface area contributed by atoms with E-state index in [4.69, 9.17) is 14.7 Å². The molecule has 0 spiro atoms. The normalized spacial score (nSPS) is 15.4. The van der Waals surface area contributed by atoms with Crippen molar-refractivity contribution in [2.24, 2.45) is 0 Å². The molecule has 6 heteroatoms. The Kier molecular flexibility index (Phi) is 6.15. The molecule has 0 saturated carbocycles. The number of thioether (sulfide) groups is 1. The maximum absolute atomic E-state index is 5.26. The predicted molar refractivity (Wildman–Crippen MR) is 104 cm³/mol. The number of hydrogen-bond donors (Lipinski definition) is 1. The van der Waals surface area contributed by atoms with Gasteiger partial charge in [0.05, 0.1) is 40.3 Å². The summed E-state index contributed by atoms with van der Waals surface area (Å²) in [5.41, 5.74) is 1.03. The minimum atomic E-state index is 0.796. The maximum Gasteiger partial charge on any atom is 0.162 e. The Morgan fingerprint density at radius 2 is 1.88 bits per heavy atom. The molecule has 0 unspecified atom stereocenters. The molecule has 0 bridgehead atoms. The molecule has 1 fully saturated rings. The largest absolute Gasteiger partial charge is 0.497 e. The molecule has 3 rings (SSSR count). The van der Waals surface area contributed by atoms with Crippen molar-refractivity contribution in [3.05, 3.63) is 30.3 Å². The lowest BCUT2D eigenvalue weighted by Gasteiger charge is -2.31. The third kappa shape index (κ3) is 4.64. The van der Waals surface area contributed by atoms with Crippen molar-refractivity contribution in [1.82, 2.24) is 9.97 Å². The Morgan fingerprint density at radius 3 is 2.52 bits per heavy atom. The highest BCUT2D eigenvalue weighted by molar-refractivity contribution is 7.99. The number of rotatable bonds is 6. The van der Waals surface area contributed by atoms with Crippen LogP contribution in [0.1, 0.15) is 13.3 Å². The Morgan fingerprint density at radius 1 is 1.16 bits per heavy atom. The maximum atomic E-state index is 5.26. The third-order valence-electron chi connectivity index (χ3n) is 4.43. The highest BCUT2D eigenvalue weighted by Crippen LogP contribution is 2.27. The number of methoxy groups -OCH3 is 1. The Balaban J connectivity index is 1.91. The van der Waals surface area contributed by atoms with Gasteiger partial charge in [-0.1, -0.05) is 6.92 Å². The highest BCUT2D eigenvalue weighted by Gasteiger charge is 2.19. The molecule has 1 saturated heterocycles. The van der Waals surface area contributed by atoms with Crippen molar-refractivity contribution >= 4 is 17.6 Å². The number of piperazine rings is 1. The SMILES string of the molecule is CCCSc1cc(N2CC[NH+](C)CC2)nc(-c2ccc(OC)cc2)n1. The Hall–Kier alpha value is -1.79. The minimum absolute atomic E-state index is 0.796. The first-order valence-electron chi connectivity index (χ1n) is 8.92. The van der Waals surface area contributed by atoms with Crippen LogP contribution in [0.2, 0.25) is 0 Å². The molecule has 1 N–H and O–H groups in total. The molecule has 1 aromatic heterocycles. The van der Waals surface area contributed by atoms with Gasteiger partial charge in [0.2, 0.25) is 0 Å². The third-order valence-corrected chi connectivity index (χ3v) is 5.55. The monoisotopic (exact) mass is 359 g/mol. The second-order valence-corrected chi connectivity index (χ2v) is 7.52. The van der Waals surface area contributed by atoms with Crippen LogP contribution >= 0.6 is 11.8 Å². The van der Waals surface area contributed by atoms with E-state index in [1.165, 1.54) is 0 Å². The molecule has 1 aromatic carbocycles. The van der Waals surface area contributed by atoms with E-state index >= 15 is 0 Å². The van der Waals surface area contributed by atoms with Crippen LogP contribution in [0, 0.1) is 0 Å². The Bertz CT molecular complexity index is 684. The summed E-state index contributed by atoms with van der Waals surface area (Å²) < 4.78 is 5.26. The first-order valence-corrected chi connectivity index (χ1v) is 9.90. The smallest absolute Gasteiger partial charge is 0.162 e. The van der Waals surface area contributed by atoms with Crippen LogP contribution < -0.4 is 14.5 Å². The first kappa shape index (κ1) is 18.0. The van der Waals surface area contributed by atoms with E-state index in [-0.39, 0.29) is 0 Å². The molecule has 0 atom stereocenters. The van der Waals surface area contributed by atoms with Crippen LogP contribution in [-0.4, -0.2) is 56.1 Å². The number of benzene rings is 1. The second-order valence-electron chi connectivity index (χ2n) is 6.41. The molecule has 2 heterocycles. The number of likely N-dealkylation sites (N-methyl/N-ethyl adjacent to an activating group) is 1. The van der Waals surface area contributed by atoms with E-state index in [0.29, 0.717) is 0 Å². The van der Waals surface area contributed by atoms with Crippen molar-refractivity contribution in [3.8, 4) is 17.1 Å². The van der Waals surface area contributed by atoms with Crippen LogP contribution in [-0.2, 0) is 0 Å². The van der Waals surface area contributed by atoms with Crippen molar-refractivity contribution < 1.29 is 9.64 Å². The summed E-state index contributed by atoms with van der Waals surface area (Å²) in [6.07, 6.45) is 1.14. The molecule has 0 amide bonds. The molecule has 25 heavy (non-hydrogen) atoms. The first-order chi connectivity index (χ1) is 12.2. The molecule has 1 aliphatic heterocycles. The van der Waals surface area contributed by atoms with E-state index in [1.54, 1.807) is 12.0 Å². The molecule has 0 radical (unpaired) electrons. The van der Waals surface area contributed by atoms with Crippen LogP contribution in [0.15, 0.2) is 35.4 Å². The summed E-state index contributed by atoms with van der Waals surface area (Å²) in [6, 6.07) is 10.1. The highest BCUT2D eigenvalue weighted by atomic mass is 32.2.